The van der Waals surface area contributed by atoms with E-state index in [9.17, 15) is 9.90 Å². The van der Waals surface area contributed by atoms with E-state index in [1.807, 2.05) is 32.2 Å². The van der Waals surface area contributed by atoms with E-state index in [4.69, 9.17) is 4.74 Å². The first-order chi connectivity index (χ1) is 17.4. The number of carbonyl (C=O) groups is 1. The number of ether oxygens (including phenoxy) is 1. The van der Waals surface area contributed by atoms with Gasteiger partial charge in [-0.3, -0.25) is 14.7 Å². The Morgan fingerprint density at radius 2 is 2.08 bits per heavy atom. The van der Waals surface area contributed by atoms with Crippen LogP contribution in [-0.4, -0.2) is 69.7 Å². The van der Waals surface area contributed by atoms with Crippen LogP contribution in [0, 0.1) is 23.7 Å². The van der Waals surface area contributed by atoms with Gasteiger partial charge in [-0.1, -0.05) is 37.7 Å². The van der Waals surface area contributed by atoms with E-state index >= 15 is 0 Å². The second kappa shape index (κ2) is 12.3. The fourth-order valence-electron chi connectivity index (χ4n) is 5.04. The fourth-order valence-corrected chi connectivity index (χ4v) is 5.04. The summed E-state index contributed by atoms with van der Waals surface area (Å²) < 4.78 is 6.40. The Hall–Kier alpha value is -2.95. The number of rotatable bonds is 7. The van der Waals surface area contributed by atoms with E-state index < -0.39 is 0 Å². The van der Waals surface area contributed by atoms with Crippen molar-refractivity contribution in [2.45, 2.75) is 64.6 Å². The first-order valence-electron chi connectivity index (χ1n) is 13.1. The second-order valence-electron chi connectivity index (χ2n) is 10.4. The van der Waals surface area contributed by atoms with Gasteiger partial charge in [0.05, 0.1) is 18.3 Å². The highest BCUT2D eigenvalue weighted by Crippen LogP contribution is 2.28. The van der Waals surface area contributed by atoms with Crippen LogP contribution in [0.2, 0.25) is 0 Å². The van der Waals surface area contributed by atoms with Gasteiger partial charge in [0.25, 0.3) is 5.91 Å². The third kappa shape index (κ3) is 6.63. The Balaban J connectivity index is 1.57. The minimum Gasteiger partial charge on any atom is -0.472 e. The monoisotopic (exact) mass is 490 g/mol. The van der Waals surface area contributed by atoms with Gasteiger partial charge in [0.15, 0.2) is 0 Å². The van der Waals surface area contributed by atoms with Crippen molar-refractivity contribution in [2.75, 3.05) is 26.7 Å². The number of hydrogen-bond acceptors (Lipinski definition) is 6. The molecule has 1 amide bonds. The number of likely N-dealkylation sites (N-methyl/N-ethyl adjacent to an activating group) is 1. The smallest absolute Gasteiger partial charge is 0.259 e. The zero-order valence-corrected chi connectivity index (χ0v) is 21.7. The molecule has 1 fully saturated rings. The highest BCUT2D eigenvalue weighted by Gasteiger charge is 2.34. The predicted octanol–water partition coefficient (Wildman–Crippen LogP) is 3.76. The van der Waals surface area contributed by atoms with E-state index in [0.717, 1.165) is 17.7 Å². The number of aliphatic hydroxyl groups excluding tert-OH is 1. The predicted molar refractivity (Wildman–Crippen MR) is 139 cm³/mol. The summed E-state index contributed by atoms with van der Waals surface area (Å²) in [5.41, 5.74) is 2.12. The zero-order valence-electron chi connectivity index (χ0n) is 21.7. The standard InChI is InChI=1S/C29H38N4O3/c1-21-17-33(22(2)20-34)29(35)26-15-24(12-8-11-23-9-4-5-10-23)16-31-28(26)36-27(21)19-32(3)18-25-13-6-7-14-30-25/h6-7,13-16,21-23,27,34H,4-5,9-11,17-20H2,1-3H3/t21-,22+,27-/m1/s1. The molecule has 0 unspecified atom stereocenters. The molecule has 3 atom stereocenters. The molecule has 0 saturated heterocycles. The molecule has 0 spiro atoms. The number of aliphatic hydroxyl groups is 1. The largest absolute Gasteiger partial charge is 0.472 e. The van der Waals surface area contributed by atoms with Crippen LogP contribution in [-0.2, 0) is 6.54 Å². The highest BCUT2D eigenvalue weighted by molar-refractivity contribution is 5.97. The van der Waals surface area contributed by atoms with Crippen LogP contribution in [0.15, 0.2) is 36.7 Å². The summed E-state index contributed by atoms with van der Waals surface area (Å²) >= 11 is 0. The zero-order chi connectivity index (χ0) is 25.5. The number of nitrogens with zero attached hydrogens (tertiary/aromatic N) is 4. The number of hydrogen-bond donors (Lipinski definition) is 1. The van der Waals surface area contributed by atoms with Crippen molar-refractivity contribution in [3.63, 3.8) is 0 Å². The van der Waals surface area contributed by atoms with E-state index in [0.29, 0.717) is 37.0 Å². The summed E-state index contributed by atoms with van der Waals surface area (Å²) in [6, 6.07) is 7.39. The van der Waals surface area contributed by atoms with E-state index in [-0.39, 0.29) is 30.6 Å². The fraction of sp³-hybridized carbons (Fsp3) is 0.552. The molecule has 0 bridgehead atoms. The molecule has 0 aromatic carbocycles. The average Bonchev–Trinajstić information content (AvgIpc) is 3.40. The van der Waals surface area contributed by atoms with Gasteiger partial charge >= 0.3 is 0 Å². The van der Waals surface area contributed by atoms with E-state index in [1.165, 1.54) is 25.7 Å². The molecule has 2 aromatic rings. The average molecular weight is 491 g/mol. The number of aromatic nitrogens is 2. The molecule has 1 N–H and O–H groups in total. The lowest BCUT2D eigenvalue weighted by atomic mass is 9.99. The summed E-state index contributed by atoms with van der Waals surface area (Å²) in [5.74, 6) is 7.39. The quantitative estimate of drug-likeness (QED) is 0.596. The van der Waals surface area contributed by atoms with Crippen LogP contribution >= 0.6 is 0 Å². The summed E-state index contributed by atoms with van der Waals surface area (Å²) in [6.45, 7) is 5.67. The van der Waals surface area contributed by atoms with E-state index in [2.05, 4.69) is 33.6 Å². The van der Waals surface area contributed by atoms with Crippen LogP contribution in [0.25, 0.3) is 0 Å². The van der Waals surface area contributed by atoms with Crippen molar-refractivity contribution in [1.29, 1.82) is 0 Å². The van der Waals surface area contributed by atoms with Crippen molar-refractivity contribution in [2.24, 2.45) is 11.8 Å². The molecule has 7 nitrogen and oxygen atoms in total. The van der Waals surface area contributed by atoms with Gasteiger partial charge in [0, 0.05) is 49.9 Å². The molecular formula is C29H38N4O3. The van der Waals surface area contributed by atoms with Crippen LogP contribution < -0.4 is 4.74 Å². The van der Waals surface area contributed by atoms with Gasteiger partial charge in [-0.2, -0.15) is 0 Å². The molecule has 1 saturated carbocycles. The molecule has 36 heavy (non-hydrogen) atoms. The van der Waals surface area contributed by atoms with Crippen molar-refractivity contribution >= 4 is 5.91 Å². The third-order valence-electron chi connectivity index (χ3n) is 7.27. The van der Waals surface area contributed by atoms with Crippen molar-refractivity contribution in [3.05, 3.63) is 53.5 Å². The lowest BCUT2D eigenvalue weighted by molar-refractivity contribution is 0.0324. The first kappa shape index (κ1) is 26.1. The van der Waals surface area contributed by atoms with E-state index in [1.54, 1.807) is 23.4 Å². The van der Waals surface area contributed by atoms with Crippen molar-refractivity contribution < 1.29 is 14.6 Å². The highest BCUT2D eigenvalue weighted by atomic mass is 16.5. The SMILES string of the molecule is C[C@@H]1CN([C@@H](C)CO)C(=O)c2cc(C#CCC3CCCC3)cnc2O[C@@H]1CN(C)Cc1ccccn1. The second-order valence-corrected chi connectivity index (χ2v) is 10.4. The van der Waals surface area contributed by atoms with Crippen LogP contribution in [0.5, 0.6) is 5.88 Å². The normalized spacial score (nSPS) is 21.2. The molecule has 3 heterocycles. The first-order valence-corrected chi connectivity index (χ1v) is 13.1. The van der Waals surface area contributed by atoms with Crippen LogP contribution in [0.4, 0.5) is 0 Å². The molecule has 2 aromatic heterocycles. The lowest BCUT2D eigenvalue weighted by Gasteiger charge is -2.37. The molecule has 0 radical (unpaired) electrons. The summed E-state index contributed by atoms with van der Waals surface area (Å²) in [4.78, 5) is 26.5. The van der Waals surface area contributed by atoms with Gasteiger partial charge in [0.2, 0.25) is 5.88 Å². The molecule has 4 rings (SSSR count). The van der Waals surface area contributed by atoms with Gasteiger partial charge in [-0.15, -0.1) is 0 Å². The summed E-state index contributed by atoms with van der Waals surface area (Å²) in [6.07, 6.45) is 9.31. The van der Waals surface area contributed by atoms with Crippen molar-refractivity contribution in [1.82, 2.24) is 19.8 Å². The molecule has 1 aliphatic heterocycles. The molecule has 2 aliphatic rings. The maximum absolute atomic E-state index is 13.6. The van der Waals surface area contributed by atoms with Crippen molar-refractivity contribution in [3.8, 4) is 17.7 Å². The topological polar surface area (TPSA) is 78.8 Å². The summed E-state index contributed by atoms with van der Waals surface area (Å²) in [5, 5.41) is 9.87. The Labute approximate surface area is 214 Å². The number of carbonyl (C=O) groups excluding carboxylic acids is 1. The number of pyridine rings is 2. The van der Waals surface area contributed by atoms with Crippen LogP contribution in [0.1, 0.15) is 67.6 Å². The summed E-state index contributed by atoms with van der Waals surface area (Å²) in [7, 11) is 2.04. The molecular weight excluding hydrogens is 452 g/mol. The minimum atomic E-state index is -0.310. The maximum Gasteiger partial charge on any atom is 0.259 e. The van der Waals surface area contributed by atoms with Gasteiger partial charge in [-0.25, -0.2) is 4.98 Å². The number of amides is 1. The minimum absolute atomic E-state index is 0.0370. The Bertz CT molecular complexity index is 1070. The molecule has 1 aliphatic carbocycles. The Morgan fingerprint density at radius 1 is 1.28 bits per heavy atom. The van der Waals surface area contributed by atoms with Gasteiger partial charge in [0.1, 0.15) is 11.7 Å². The van der Waals surface area contributed by atoms with Crippen LogP contribution in [0.3, 0.4) is 0 Å². The number of fused-ring (bicyclic) bond motifs is 1. The maximum atomic E-state index is 13.6. The van der Waals surface area contributed by atoms with Gasteiger partial charge in [-0.05, 0) is 50.9 Å². The third-order valence-corrected chi connectivity index (χ3v) is 7.27. The molecule has 7 heteroatoms. The Morgan fingerprint density at radius 3 is 2.81 bits per heavy atom. The Kier molecular flexibility index (Phi) is 8.95. The lowest BCUT2D eigenvalue weighted by Crippen LogP contribution is -2.49. The van der Waals surface area contributed by atoms with Gasteiger partial charge < -0.3 is 14.7 Å². The molecule has 192 valence electrons.